The fourth-order valence-electron chi connectivity index (χ4n) is 2.35. The van der Waals surface area contributed by atoms with Gasteiger partial charge in [-0.2, -0.15) is 4.31 Å². The Morgan fingerprint density at radius 1 is 0.926 bits per heavy atom. The predicted molar refractivity (Wildman–Crippen MR) is 106 cm³/mol. The molecule has 5 nitrogen and oxygen atoms in total. The van der Waals surface area contributed by atoms with Gasteiger partial charge < -0.3 is 0 Å². The van der Waals surface area contributed by atoms with Crippen molar-refractivity contribution in [2.75, 3.05) is 13.1 Å². The number of benzene rings is 1. The average molecular weight is 388 g/mol. The van der Waals surface area contributed by atoms with Crippen LogP contribution < -0.4 is 0 Å². The molecule has 0 unspecified atom stereocenters. The molecule has 0 heterocycles. The fourth-order valence-corrected chi connectivity index (χ4v) is 3.73. The molecule has 1 aromatic carbocycles. The molecule has 0 bridgehead atoms. The smallest absolute Gasteiger partial charge is 0.243 e. The lowest BCUT2D eigenvalue weighted by Crippen LogP contribution is -2.36. The van der Waals surface area contributed by atoms with E-state index in [9.17, 15) is 18.0 Å². The van der Waals surface area contributed by atoms with E-state index in [1.807, 2.05) is 6.92 Å². The minimum atomic E-state index is -3.96. The van der Waals surface area contributed by atoms with Crippen molar-refractivity contribution in [3.05, 3.63) is 65.6 Å². The topological polar surface area (TPSA) is 71.5 Å². The van der Waals surface area contributed by atoms with Crippen LogP contribution in [-0.2, 0) is 19.6 Å². The Morgan fingerprint density at radius 3 is 1.67 bits per heavy atom. The first-order valence-electron chi connectivity index (χ1n) is 8.62. The number of ketones is 2. The molecule has 0 fully saturated rings. The van der Waals surface area contributed by atoms with E-state index >= 15 is 0 Å². The number of carbonyl (C=O) groups excluding carboxylic acids is 2. The lowest BCUT2D eigenvalue weighted by molar-refractivity contribution is -0.115. The number of carbonyl (C=O) groups is 2. The van der Waals surface area contributed by atoms with Crippen molar-refractivity contribution in [3.63, 3.8) is 0 Å². The number of nitrogens with zero attached hydrogens (tertiary/aromatic N) is 1. The Balaban J connectivity index is 3.41. The third-order valence-corrected chi connectivity index (χ3v) is 5.88. The molecule has 6 heteroatoms. The maximum Gasteiger partial charge on any atom is 0.243 e. The molecule has 1 aromatic rings. The molecule has 0 aliphatic carbocycles. The van der Waals surface area contributed by atoms with Crippen LogP contribution >= 0.6 is 0 Å². The van der Waals surface area contributed by atoms with Crippen molar-refractivity contribution in [1.29, 1.82) is 0 Å². The second-order valence-corrected chi connectivity index (χ2v) is 7.89. The maximum absolute atomic E-state index is 13.1. The van der Waals surface area contributed by atoms with Crippen molar-refractivity contribution in [1.82, 2.24) is 4.31 Å². The Kier molecular flexibility index (Phi) is 8.35. The zero-order valence-electron chi connectivity index (χ0n) is 16.0. The standard InChI is InChI=1S/C21H25NO4S/c1-6-17(20(23)8-3)14-22(15-18(7-2)21(24)9-4)27(25,26)19-12-10-16(5)11-13-19/h10-13H,1-2,8-9,14-15H2,3-5H3. The summed E-state index contributed by atoms with van der Waals surface area (Å²) in [6.45, 7) is 11.7. The highest BCUT2D eigenvalue weighted by Crippen LogP contribution is 2.20. The summed E-state index contributed by atoms with van der Waals surface area (Å²) in [7, 11) is -3.96. The summed E-state index contributed by atoms with van der Waals surface area (Å²) in [5.41, 5.74) is 6.29. The van der Waals surface area contributed by atoms with Gasteiger partial charge in [-0.25, -0.2) is 8.42 Å². The van der Waals surface area contributed by atoms with E-state index in [4.69, 9.17) is 0 Å². The van der Waals surface area contributed by atoms with Gasteiger partial charge in [-0.1, -0.05) is 44.7 Å². The van der Waals surface area contributed by atoms with Gasteiger partial charge in [0.2, 0.25) is 10.0 Å². The van der Waals surface area contributed by atoms with Crippen LogP contribution in [0.3, 0.4) is 0 Å². The van der Waals surface area contributed by atoms with Crippen LogP contribution in [0.4, 0.5) is 0 Å². The molecule has 0 aromatic heterocycles. The second-order valence-electron chi connectivity index (χ2n) is 5.95. The maximum atomic E-state index is 13.1. The zero-order valence-corrected chi connectivity index (χ0v) is 16.9. The molecule has 27 heavy (non-hydrogen) atoms. The van der Waals surface area contributed by atoms with E-state index in [2.05, 4.69) is 24.6 Å². The third-order valence-electron chi connectivity index (χ3n) is 4.07. The first-order chi connectivity index (χ1) is 12.7. The largest absolute Gasteiger partial charge is 0.294 e. The van der Waals surface area contributed by atoms with E-state index in [-0.39, 0.29) is 53.5 Å². The minimum Gasteiger partial charge on any atom is -0.294 e. The van der Waals surface area contributed by atoms with Crippen molar-refractivity contribution in [3.8, 4) is 0 Å². The zero-order chi connectivity index (χ0) is 20.6. The van der Waals surface area contributed by atoms with Gasteiger partial charge in [0.1, 0.15) is 0 Å². The number of rotatable bonds is 10. The molecular weight excluding hydrogens is 362 g/mol. The second kappa shape index (κ2) is 10.0. The quantitative estimate of drug-likeness (QED) is 0.456. The van der Waals surface area contributed by atoms with Gasteiger partial charge >= 0.3 is 0 Å². The van der Waals surface area contributed by atoms with Crippen LogP contribution in [0.15, 0.2) is 64.9 Å². The van der Waals surface area contributed by atoms with Gasteiger partial charge in [0.25, 0.3) is 0 Å². The van der Waals surface area contributed by atoms with Gasteiger partial charge in [-0.3, -0.25) is 9.59 Å². The van der Waals surface area contributed by atoms with E-state index in [1.165, 1.54) is 12.1 Å². The fraction of sp³-hybridized carbons (Fsp3) is 0.333. The molecule has 0 atom stereocenters. The molecule has 144 valence electrons. The lowest BCUT2D eigenvalue weighted by atomic mass is 10.1. The Hall–Kier alpha value is -2.49. The Labute approximate surface area is 161 Å². The molecule has 1 rings (SSSR count). The van der Waals surface area contributed by atoms with E-state index in [0.29, 0.717) is 0 Å². The molecule has 0 saturated carbocycles. The van der Waals surface area contributed by atoms with Crippen molar-refractivity contribution in [2.45, 2.75) is 38.5 Å². The highest BCUT2D eigenvalue weighted by Gasteiger charge is 2.28. The normalized spacial score (nSPS) is 10.8. The first kappa shape index (κ1) is 22.6. The minimum absolute atomic E-state index is 0.0767. The third kappa shape index (κ3) is 5.75. The SMILES string of the molecule is C=C=C(CN(CC(=C=C)C(=O)CC)S(=O)(=O)c1ccc(C)cc1)C(=O)CC. The van der Waals surface area contributed by atoms with Crippen LogP contribution in [0.5, 0.6) is 0 Å². The molecular formula is C21H25NO4S. The van der Waals surface area contributed by atoms with Gasteiger partial charge in [0, 0.05) is 12.8 Å². The molecule has 0 N–H and O–H groups in total. The van der Waals surface area contributed by atoms with Crippen LogP contribution in [0.1, 0.15) is 32.3 Å². The lowest BCUT2D eigenvalue weighted by Gasteiger charge is -2.23. The summed E-state index contributed by atoms with van der Waals surface area (Å²) < 4.78 is 27.4. The first-order valence-corrected chi connectivity index (χ1v) is 10.1. The van der Waals surface area contributed by atoms with E-state index in [0.717, 1.165) is 9.87 Å². The Morgan fingerprint density at radius 2 is 1.33 bits per heavy atom. The van der Waals surface area contributed by atoms with Gasteiger partial charge in [0.15, 0.2) is 11.6 Å². The molecule has 0 aliphatic heterocycles. The van der Waals surface area contributed by atoms with Crippen molar-refractivity contribution < 1.29 is 18.0 Å². The van der Waals surface area contributed by atoms with Crippen LogP contribution in [-0.4, -0.2) is 37.4 Å². The monoisotopic (exact) mass is 387 g/mol. The van der Waals surface area contributed by atoms with Gasteiger partial charge in [0.05, 0.1) is 29.1 Å². The average Bonchev–Trinajstić information content (AvgIpc) is 2.67. The molecule has 0 aliphatic rings. The van der Waals surface area contributed by atoms with Crippen LogP contribution in [0.25, 0.3) is 0 Å². The summed E-state index contributed by atoms with van der Waals surface area (Å²) in [4.78, 5) is 24.2. The van der Waals surface area contributed by atoms with Crippen molar-refractivity contribution in [2.24, 2.45) is 0 Å². The summed E-state index contributed by atoms with van der Waals surface area (Å²) in [6.07, 6.45) is 0.405. The summed E-state index contributed by atoms with van der Waals surface area (Å²) in [5.74, 6) is -0.500. The number of aryl methyl sites for hydroxylation is 1. The number of Topliss-reactive ketones (excluding diaryl/α,β-unsaturated/α-hetero) is 2. The predicted octanol–water partition coefficient (Wildman–Crippen LogP) is 3.37. The van der Waals surface area contributed by atoms with Crippen LogP contribution in [0, 0.1) is 6.92 Å². The van der Waals surface area contributed by atoms with E-state index < -0.39 is 10.0 Å². The Bertz CT molecular complexity index is 873. The van der Waals surface area contributed by atoms with Crippen molar-refractivity contribution >= 4 is 21.6 Å². The summed E-state index contributed by atoms with van der Waals surface area (Å²) >= 11 is 0. The molecule has 0 radical (unpaired) electrons. The summed E-state index contributed by atoms with van der Waals surface area (Å²) in [5, 5.41) is 0. The highest BCUT2D eigenvalue weighted by molar-refractivity contribution is 7.89. The van der Waals surface area contributed by atoms with Gasteiger partial charge in [-0.15, -0.1) is 11.5 Å². The van der Waals surface area contributed by atoms with Crippen LogP contribution in [0.2, 0.25) is 0 Å². The number of hydrogen-bond donors (Lipinski definition) is 0. The molecule has 0 spiro atoms. The highest BCUT2D eigenvalue weighted by atomic mass is 32.2. The number of sulfonamides is 1. The molecule has 0 saturated heterocycles. The number of hydrogen-bond acceptors (Lipinski definition) is 4. The van der Waals surface area contributed by atoms with Gasteiger partial charge in [-0.05, 0) is 19.1 Å². The summed E-state index contributed by atoms with van der Waals surface area (Å²) in [6, 6.07) is 6.37. The van der Waals surface area contributed by atoms with E-state index in [1.54, 1.807) is 26.0 Å². The molecule has 0 amide bonds.